The van der Waals surface area contributed by atoms with E-state index in [9.17, 15) is 9.18 Å². The van der Waals surface area contributed by atoms with Crippen molar-refractivity contribution in [3.05, 3.63) is 63.4 Å². The van der Waals surface area contributed by atoms with Crippen molar-refractivity contribution in [2.24, 2.45) is 5.92 Å². The zero-order valence-electron chi connectivity index (χ0n) is 18.0. The molecule has 0 amide bonds. The molecule has 3 nitrogen and oxygen atoms in total. The second-order valence-corrected chi connectivity index (χ2v) is 9.73. The Labute approximate surface area is 193 Å². The van der Waals surface area contributed by atoms with Crippen LogP contribution in [0.1, 0.15) is 71.6 Å². The third-order valence-electron chi connectivity index (χ3n) is 6.55. The topological polar surface area (TPSA) is 29.5 Å². The van der Waals surface area contributed by atoms with Gasteiger partial charge in [-0.3, -0.25) is 9.69 Å². The van der Waals surface area contributed by atoms with Crippen molar-refractivity contribution in [3.63, 3.8) is 0 Å². The lowest BCUT2D eigenvalue weighted by atomic mass is 9.95. The highest BCUT2D eigenvalue weighted by Crippen LogP contribution is 2.45. The van der Waals surface area contributed by atoms with Crippen LogP contribution in [0.15, 0.2) is 30.3 Å². The summed E-state index contributed by atoms with van der Waals surface area (Å²) >= 11 is 11.8. The summed E-state index contributed by atoms with van der Waals surface area (Å²) in [6.45, 7) is 6.84. The highest BCUT2D eigenvalue weighted by atomic mass is 35.5. The third kappa shape index (κ3) is 5.42. The molecule has 6 heteroatoms. The minimum atomic E-state index is -0.762. The molecule has 1 heterocycles. The lowest BCUT2D eigenvalue weighted by Crippen LogP contribution is -2.37. The van der Waals surface area contributed by atoms with Crippen LogP contribution in [0.5, 0.6) is 5.75 Å². The van der Waals surface area contributed by atoms with Gasteiger partial charge in [0.2, 0.25) is 0 Å². The molecule has 2 aliphatic rings. The van der Waals surface area contributed by atoms with Crippen LogP contribution in [0.4, 0.5) is 4.39 Å². The number of ether oxygens (including phenoxy) is 1. The predicted molar refractivity (Wildman–Crippen MR) is 123 cm³/mol. The SMILES string of the molecule is Cc1cc(Cl)cc([C@H](C)N2CCC(COc3cc(F)c(C(=O)Cl)cc3C3CC3)CC2)c1. The number of likely N-dealkylation sites (tertiary alicyclic amines) is 1. The van der Waals surface area contributed by atoms with E-state index in [1.54, 1.807) is 6.07 Å². The lowest BCUT2D eigenvalue weighted by molar-refractivity contribution is 0.107. The van der Waals surface area contributed by atoms with Gasteiger partial charge in [-0.1, -0.05) is 17.7 Å². The van der Waals surface area contributed by atoms with Crippen LogP contribution in [0.2, 0.25) is 5.02 Å². The third-order valence-corrected chi connectivity index (χ3v) is 6.97. The van der Waals surface area contributed by atoms with Gasteiger partial charge in [0, 0.05) is 17.1 Å². The van der Waals surface area contributed by atoms with Crippen molar-refractivity contribution < 1.29 is 13.9 Å². The van der Waals surface area contributed by atoms with E-state index in [1.807, 2.05) is 6.07 Å². The van der Waals surface area contributed by atoms with Crippen LogP contribution < -0.4 is 4.74 Å². The lowest BCUT2D eigenvalue weighted by Gasteiger charge is -2.36. The summed E-state index contributed by atoms with van der Waals surface area (Å²) in [5, 5.41) is 0.0214. The normalized spacial score (nSPS) is 18.7. The number of piperidine rings is 1. The molecule has 0 N–H and O–H groups in total. The Morgan fingerprint density at radius 3 is 2.48 bits per heavy atom. The summed E-state index contributed by atoms with van der Waals surface area (Å²) in [5.74, 6) is 0.718. The second-order valence-electron chi connectivity index (χ2n) is 8.95. The monoisotopic (exact) mass is 463 g/mol. The number of carbonyl (C=O) groups is 1. The molecular formula is C25H28Cl2FNO2. The zero-order valence-corrected chi connectivity index (χ0v) is 19.5. The Morgan fingerprint density at radius 2 is 1.87 bits per heavy atom. The van der Waals surface area contributed by atoms with E-state index in [-0.39, 0.29) is 5.56 Å². The highest BCUT2D eigenvalue weighted by Gasteiger charge is 2.30. The van der Waals surface area contributed by atoms with Crippen LogP contribution in [0.25, 0.3) is 0 Å². The van der Waals surface area contributed by atoms with Gasteiger partial charge in [-0.05, 0) is 111 Å². The van der Waals surface area contributed by atoms with E-state index >= 15 is 0 Å². The maximum absolute atomic E-state index is 14.3. The first-order chi connectivity index (χ1) is 14.8. The van der Waals surface area contributed by atoms with Crippen molar-refractivity contribution in [1.82, 2.24) is 4.90 Å². The number of hydrogen-bond acceptors (Lipinski definition) is 3. The smallest absolute Gasteiger partial charge is 0.255 e. The van der Waals surface area contributed by atoms with Crippen molar-refractivity contribution in [1.29, 1.82) is 0 Å². The van der Waals surface area contributed by atoms with Crippen LogP contribution in [-0.4, -0.2) is 29.8 Å². The van der Waals surface area contributed by atoms with Gasteiger partial charge in [-0.25, -0.2) is 4.39 Å². The molecule has 2 aromatic carbocycles. The van der Waals surface area contributed by atoms with Gasteiger partial charge >= 0.3 is 0 Å². The van der Waals surface area contributed by atoms with E-state index in [0.29, 0.717) is 30.2 Å². The Kier molecular flexibility index (Phi) is 6.90. The number of benzene rings is 2. The van der Waals surface area contributed by atoms with Gasteiger partial charge in [0.05, 0.1) is 12.2 Å². The molecular weight excluding hydrogens is 436 g/mol. The van der Waals surface area contributed by atoms with Gasteiger partial charge < -0.3 is 4.74 Å². The van der Waals surface area contributed by atoms with Crippen molar-refractivity contribution in [3.8, 4) is 5.75 Å². The van der Waals surface area contributed by atoms with Gasteiger partial charge in [0.1, 0.15) is 11.6 Å². The molecule has 2 aromatic rings. The molecule has 31 heavy (non-hydrogen) atoms. The predicted octanol–water partition coefficient (Wildman–Crippen LogP) is 6.90. The number of rotatable bonds is 7. The molecule has 1 aliphatic heterocycles. The minimum absolute atomic E-state index is 0.0607. The fourth-order valence-corrected chi connectivity index (χ4v) is 4.93. The first-order valence-electron chi connectivity index (χ1n) is 11.0. The van der Waals surface area contributed by atoms with Crippen LogP contribution in [-0.2, 0) is 0 Å². The van der Waals surface area contributed by atoms with Crippen molar-refractivity contribution in [2.45, 2.75) is 51.5 Å². The molecule has 0 unspecified atom stereocenters. The number of aryl methyl sites for hydroxylation is 1. The zero-order chi connectivity index (χ0) is 22.1. The fraction of sp³-hybridized carbons (Fsp3) is 0.480. The molecule has 1 aliphatic carbocycles. The standard InChI is InChI=1S/C25H28Cl2FNO2/c1-15-9-19(11-20(26)10-15)16(2)29-7-5-17(6-8-29)14-31-24-13-23(28)22(25(27)30)12-21(24)18-3-4-18/h9-13,16-18H,3-8,14H2,1-2H3/t16-/m0/s1. The van der Waals surface area contributed by atoms with E-state index in [2.05, 4.69) is 30.9 Å². The Morgan fingerprint density at radius 1 is 1.16 bits per heavy atom. The molecule has 0 aromatic heterocycles. The van der Waals surface area contributed by atoms with Gasteiger partial charge in [-0.2, -0.15) is 0 Å². The summed E-state index contributed by atoms with van der Waals surface area (Å²) in [5.41, 5.74) is 3.28. The number of halogens is 3. The maximum Gasteiger partial charge on any atom is 0.255 e. The molecule has 166 valence electrons. The molecule has 1 atom stereocenters. The summed E-state index contributed by atoms with van der Waals surface area (Å²) in [4.78, 5) is 14.0. The van der Waals surface area contributed by atoms with Crippen LogP contribution in [0.3, 0.4) is 0 Å². The molecule has 1 saturated carbocycles. The van der Waals surface area contributed by atoms with Crippen LogP contribution in [0, 0.1) is 18.7 Å². The summed E-state index contributed by atoms with van der Waals surface area (Å²) in [6, 6.07) is 9.47. The number of carbonyl (C=O) groups excluding carboxylic acids is 1. The molecule has 0 spiro atoms. The average molecular weight is 464 g/mol. The maximum atomic E-state index is 14.3. The molecule has 2 fully saturated rings. The van der Waals surface area contributed by atoms with Crippen LogP contribution >= 0.6 is 23.2 Å². The molecule has 4 rings (SSSR count). The molecule has 0 bridgehead atoms. The molecule has 1 saturated heterocycles. The van der Waals surface area contributed by atoms with E-state index in [0.717, 1.165) is 49.4 Å². The quantitative estimate of drug-likeness (QED) is 0.418. The fourth-order valence-electron chi connectivity index (χ4n) is 4.49. The van der Waals surface area contributed by atoms with E-state index in [1.165, 1.54) is 17.2 Å². The van der Waals surface area contributed by atoms with Gasteiger partial charge in [0.25, 0.3) is 5.24 Å². The Bertz CT molecular complexity index is 948. The van der Waals surface area contributed by atoms with Crippen molar-refractivity contribution >= 4 is 28.4 Å². The van der Waals surface area contributed by atoms with E-state index < -0.39 is 11.1 Å². The second kappa shape index (κ2) is 9.48. The Hall–Kier alpha value is -1.62. The van der Waals surface area contributed by atoms with Crippen molar-refractivity contribution in [2.75, 3.05) is 19.7 Å². The molecule has 0 radical (unpaired) electrons. The minimum Gasteiger partial charge on any atom is -0.493 e. The summed E-state index contributed by atoms with van der Waals surface area (Å²) < 4.78 is 20.4. The highest BCUT2D eigenvalue weighted by molar-refractivity contribution is 6.67. The van der Waals surface area contributed by atoms with E-state index in [4.69, 9.17) is 27.9 Å². The first kappa shape index (κ1) is 22.6. The number of hydrogen-bond donors (Lipinski definition) is 0. The first-order valence-corrected chi connectivity index (χ1v) is 11.7. The summed E-state index contributed by atoms with van der Waals surface area (Å²) in [7, 11) is 0. The Balaban J connectivity index is 1.35. The largest absolute Gasteiger partial charge is 0.493 e. The summed E-state index contributed by atoms with van der Waals surface area (Å²) in [6.07, 6.45) is 4.14. The van der Waals surface area contributed by atoms with Gasteiger partial charge in [-0.15, -0.1) is 0 Å². The van der Waals surface area contributed by atoms with Gasteiger partial charge in [0.15, 0.2) is 0 Å². The number of nitrogens with zero attached hydrogens (tertiary/aromatic N) is 1. The average Bonchev–Trinajstić information content (AvgIpc) is 3.56.